The molecule has 0 saturated carbocycles. The molecule has 6 nitrogen and oxygen atoms in total. The molecule has 0 aliphatic heterocycles. The largest absolute Gasteiger partial charge is 0.480 e. The van der Waals surface area contributed by atoms with E-state index in [1.54, 1.807) is 11.5 Å². The van der Waals surface area contributed by atoms with Crippen molar-refractivity contribution in [1.29, 1.82) is 0 Å². The van der Waals surface area contributed by atoms with Crippen molar-refractivity contribution in [3.8, 4) is 0 Å². The zero-order valence-electron chi connectivity index (χ0n) is 18.6. The second kappa shape index (κ2) is 9.40. The zero-order valence-corrected chi connectivity index (χ0v) is 18.6. The van der Waals surface area contributed by atoms with Gasteiger partial charge in [-0.15, -0.1) is 0 Å². The van der Waals surface area contributed by atoms with Crippen molar-refractivity contribution in [2.75, 3.05) is 0 Å². The molecule has 1 aromatic heterocycles. The molecule has 2 atom stereocenters. The predicted octanol–water partition coefficient (Wildman–Crippen LogP) is 5.48. The Morgan fingerprint density at radius 1 is 1.21 bits per heavy atom. The lowest BCUT2D eigenvalue weighted by Gasteiger charge is -2.26. The summed E-state index contributed by atoms with van der Waals surface area (Å²) >= 11 is 0. The lowest BCUT2D eigenvalue weighted by Crippen LogP contribution is -2.39. The van der Waals surface area contributed by atoms with Gasteiger partial charge in [0.2, 0.25) is 0 Å². The summed E-state index contributed by atoms with van der Waals surface area (Å²) in [7, 11) is 0. The molecule has 1 amide bonds. The number of hydrogen-bond donors (Lipinski definition) is 2. The number of fused-ring (bicyclic) bond motifs is 3. The van der Waals surface area contributed by atoms with Crippen LogP contribution in [0.1, 0.15) is 48.2 Å². The highest BCUT2D eigenvalue weighted by Crippen LogP contribution is 2.39. The van der Waals surface area contributed by atoms with E-state index in [4.69, 9.17) is 4.74 Å². The Morgan fingerprint density at radius 3 is 2.59 bits per heavy atom. The van der Waals surface area contributed by atoms with Gasteiger partial charge in [0, 0.05) is 22.6 Å². The average molecular weight is 474 g/mol. The van der Waals surface area contributed by atoms with E-state index >= 15 is 0 Å². The molecule has 1 aliphatic rings. The summed E-state index contributed by atoms with van der Waals surface area (Å²) in [6.07, 6.45) is -3.59. The van der Waals surface area contributed by atoms with Gasteiger partial charge in [0.25, 0.3) is 0 Å². The summed E-state index contributed by atoms with van der Waals surface area (Å²) in [5.74, 6) is -1.04. The SMILES string of the molecule is CCC(C(=O)O)n1c2c(c3cc(C(F)(F)F)ccc31)CC(NC(=O)OCc1ccccc1)CC2. The van der Waals surface area contributed by atoms with Gasteiger partial charge in [-0.1, -0.05) is 37.3 Å². The number of nitrogens with one attached hydrogen (secondary N) is 1. The number of hydrogen-bond acceptors (Lipinski definition) is 3. The number of aromatic nitrogens is 1. The quantitative estimate of drug-likeness (QED) is 0.496. The Morgan fingerprint density at radius 2 is 1.94 bits per heavy atom. The first-order chi connectivity index (χ1) is 16.2. The molecular formula is C25H25F3N2O4. The lowest BCUT2D eigenvalue weighted by molar-refractivity contribution is -0.141. The van der Waals surface area contributed by atoms with Crippen molar-refractivity contribution in [2.45, 2.75) is 57.5 Å². The predicted molar refractivity (Wildman–Crippen MR) is 119 cm³/mol. The molecule has 1 aliphatic carbocycles. The topological polar surface area (TPSA) is 80.6 Å². The molecule has 2 aromatic carbocycles. The van der Waals surface area contributed by atoms with Gasteiger partial charge in [-0.2, -0.15) is 13.2 Å². The third kappa shape index (κ3) is 4.73. The van der Waals surface area contributed by atoms with E-state index in [0.717, 1.165) is 17.7 Å². The van der Waals surface area contributed by atoms with Crippen molar-refractivity contribution in [1.82, 2.24) is 9.88 Å². The van der Waals surface area contributed by atoms with E-state index in [-0.39, 0.29) is 19.1 Å². The number of aliphatic carboxylic acids is 1. The van der Waals surface area contributed by atoms with E-state index in [1.807, 2.05) is 30.3 Å². The fourth-order valence-corrected chi connectivity index (χ4v) is 4.65. The normalized spacial score (nSPS) is 16.6. The highest BCUT2D eigenvalue weighted by atomic mass is 19.4. The van der Waals surface area contributed by atoms with Crippen molar-refractivity contribution in [3.05, 3.63) is 70.9 Å². The Kier molecular flexibility index (Phi) is 6.54. The Labute approximate surface area is 194 Å². The monoisotopic (exact) mass is 474 g/mol. The summed E-state index contributed by atoms with van der Waals surface area (Å²) in [6.45, 7) is 1.84. The van der Waals surface area contributed by atoms with Crippen LogP contribution in [0.2, 0.25) is 0 Å². The lowest BCUT2D eigenvalue weighted by atomic mass is 9.91. The summed E-state index contributed by atoms with van der Waals surface area (Å²) in [6, 6.07) is 11.4. The molecule has 4 rings (SSSR count). The molecule has 0 bridgehead atoms. The van der Waals surface area contributed by atoms with Crippen molar-refractivity contribution < 1.29 is 32.6 Å². The fraction of sp³-hybridized carbons (Fsp3) is 0.360. The minimum atomic E-state index is -4.52. The van der Waals surface area contributed by atoms with E-state index in [0.29, 0.717) is 41.4 Å². The molecule has 1 heterocycles. The van der Waals surface area contributed by atoms with Crippen LogP contribution in [0.25, 0.3) is 10.9 Å². The molecule has 2 N–H and O–H groups in total. The van der Waals surface area contributed by atoms with E-state index in [2.05, 4.69) is 5.32 Å². The fourth-order valence-electron chi connectivity index (χ4n) is 4.65. The van der Waals surface area contributed by atoms with Gasteiger partial charge in [-0.3, -0.25) is 0 Å². The van der Waals surface area contributed by atoms with E-state index in [1.165, 1.54) is 6.07 Å². The number of alkyl halides is 3. The highest BCUT2D eigenvalue weighted by Gasteiger charge is 2.34. The minimum Gasteiger partial charge on any atom is -0.480 e. The number of carboxylic acid groups (broad SMARTS) is 1. The Balaban J connectivity index is 1.62. The van der Waals surface area contributed by atoms with Gasteiger partial charge in [0.15, 0.2) is 0 Å². The Bertz CT molecular complexity index is 1200. The maximum atomic E-state index is 13.4. The minimum absolute atomic E-state index is 0.107. The number of nitrogens with zero attached hydrogens (tertiary/aromatic N) is 1. The van der Waals surface area contributed by atoms with Crippen molar-refractivity contribution in [3.63, 3.8) is 0 Å². The maximum Gasteiger partial charge on any atom is 0.416 e. The summed E-state index contributed by atoms with van der Waals surface area (Å²) in [5.41, 5.74) is 1.85. The zero-order chi connectivity index (χ0) is 24.5. The number of carbonyl (C=O) groups is 2. The first-order valence-corrected chi connectivity index (χ1v) is 11.1. The molecule has 34 heavy (non-hydrogen) atoms. The van der Waals surface area contributed by atoms with Gasteiger partial charge in [0.05, 0.1) is 5.56 Å². The van der Waals surface area contributed by atoms with Gasteiger partial charge in [-0.05, 0) is 55.0 Å². The van der Waals surface area contributed by atoms with Crippen molar-refractivity contribution >= 4 is 23.0 Å². The van der Waals surface area contributed by atoms with Crippen LogP contribution in [-0.4, -0.2) is 27.8 Å². The van der Waals surface area contributed by atoms with Crippen LogP contribution in [0.3, 0.4) is 0 Å². The molecule has 0 saturated heterocycles. The summed E-state index contributed by atoms with van der Waals surface area (Å²) < 4.78 is 47.2. The molecule has 0 spiro atoms. The smallest absolute Gasteiger partial charge is 0.416 e. The van der Waals surface area contributed by atoms with Crippen LogP contribution < -0.4 is 5.32 Å². The second-order valence-electron chi connectivity index (χ2n) is 8.43. The number of benzene rings is 2. The molecule has 3 aromatic rings. The van der Waals surface area contributed by atoms with Gasteiger partial charge in [-0.25, -0.2) is 9.59 Å². The van der Waals surface area contributed by atoms with Crippen LogP contribution in [0.5, 0.6) is 0 Å². The van der Waals surface area contributed by atoms with Crippen molar-refractivity contribution in [2.24, 2.45) is 0 Å². The molecule has 2 unspecified atom stereocenters. The van der Waals surface area contributed by atoms with Gasteiger partial charge in [0.1, 0.15) is 12.6 Å². The first-order valence-electron chi connectivity index (χ1n) is 11.1. The number of ether oxygens (including phenoxy) is 1. The average Bonchev–Trinajstić information content (AvgIpc) is 3.11. The number of rotatable bonds is 6. The summed E-state index contributed by atoms with van der Waals surface area (Å²) in [4.78, 5) is 24.2. The third-order valence-corrected chi connectivity index (χ3v) is 6.25. The Hall–Kier alpha value is -3.49. The second-order valence-corrected chi connectivity index (χ2v) is 8.43. The molecule has 0 fully saturated rings. The molecule has 9 heteroatoms. The standard InChI is InChI=1S/C25H25F3N2O4/c1-2-20(23(31)32)30-21-10-8-16(25(26,27)28)12-18(21)19-13-17(9-11-22(19)30)29-24(33)34-14-15-6-4-3-5-7-15/h3-8,10,12,17,20H,2,9,11,13-14H2,1H3,(H,29,33)(H,31,32). The van der Waals surface area contributed by atoms with Crippen LogP contribution in [0.15, 0.2) is 48.5 Å². The molecular weight excluding hydrogens is 449 g/mol. The number of carbonyl (C=O) groups excluding carboxylic acids is 1. The van der Waals surface area contributed by atoms with E-state index in [9.17, 15) is 27.9 Å². The maximum absolute atomic E-state index is 13.4. The number of carboxylic acids is 1. The van der Waals surface area contributed by atoms with Gasteiger partial charge < -0.3 is 19.7 Å². The van der Waals surface area contributed by atoms with Crippen LogP contribution in [0.4, 0.5) is 18.0 Å². The number of alkyl carbamates (subject to hydrolysis) is 1. The van der Waals surface area contributed by atoms with E-state index < -0.39 is 29.8 Å². The highest BCUT2D eigenvalue weighted by molar-refractivity contribution is 5.89. The number of halogens is 3. The molecule has 180 valence electrons. The summed E-state index contributed by atoms with van der Waals surface area (Å²) in [5, 5.41) is 12.9. The van der Waals surface area contributed by atoms with Crippen LogP contribution in [-0.2, 0) is 35.2 Å². The third-order valence-electron chi connectivity index (χ3n) is 6.25. The van der Waals surface area contributed by atoms with Crippen LogP contribution >= 0.6 is 0 Å². The van der Waals surface area contributed by atoms with Crippen LogP contribution in [0, 0.1) is 0 Å². The number of amides is 1. The first kappa shape index (κ1) is 23.7. The van der Waals surface area contributed by atoms with Gasteiger partial charge >= 0.3 is 18.2 Å². The molecule has 0 radical (unpaired) electrons.